The summed E-state index contributed by atoms with van der Waals surface area (Å²) < 4.78 is 18.2. The minimum Gasteiger partial charge on any atom is -0.338 e. The van der Waals surface area contributed by atoms with Gasteiger partial charge in [-0.15, -0.1) is 11.8 Å². The molecule has 0 amide bonds. The summed E-state index contributed by atoms with van der Waals surface area (Å²) in [6.07, 6.45) is 0. The van der Waals surface area contributed by atoms with Crippen molar-refractivity contribution < 1.29 is 8.91 Å². The summed E-state index contributed by atoms with van der Waals surface area (Å²) >= 11 is 1.65. The summed E-state index contributed by atoms with van der Waals surface area (Å²) in [7, 11) is 0. The molecule has 0 aliphatic heterocycles. The van der Waals surface area contributed by atoms with Crippen molar-refractivity contribution in [2.24, 2.45) is 0 Å². The molecule has 22 heavy (non-hydrogen) atoms. The Balaban J connectivity index is 1.69. The molecule has 0 fully saturated rings. The van der Waals surface area contributed by atoms with E-state index in [0.717, 1.165) is 5.56 Å². The fourth-order valence-corrected chi connectivity index (χ4v) is 2.81. The lowest BCUT2D eigenvalue weighted by Gasteiger charge is -2.03. The van der Waals surface area contributed by atoms with Gasteiger partial charge in [0.15, 0.2) is 0 Å². The highest BCUT2D eigenvalue weighted by Gasteiger charge is 2.09. The molecule has 0 spiro atoms. The molecular weight excluding hydrogens is 299 g/mol. The Kier molecular flexibility index (Phi) is 4.24. The van der Waals surface area contributed by atoms with E-state index in [2.05, 4.69) is 42.2 Å². The second-order valence-electron chi connectivity index (χ2n) is 5.05. The topological polar surface area (TPSA) is 38.9 Å². The molecule has 112 valence electrons. The van der Waals surface area contributed by atoms with Crippen LogP contribution in [0.15, 0.2) is 51.9 Å². The summed E-state index contributed by atoms with van der Waals surface area (Å²) in [6, 6.07) is 12.4. The number of nitrogens with zero attached hydrogens (tertiary/aromatic N) is 2. The van der Waals surface area contributed by atoms with Crippen LogP contribution >= 0.6 is 11.8 Å². The number of aryl methyl sites for hydroxylation is 2. The monoisotopic (exact) mass is 314 g/mol. The van der Waals surface area contributed by atoms with Crippen LogP contribution in [0.1, 0.15) is 17.0 Å². The van der Waals surface area contributed by atoms with Crippen LogP contribution in [0.25, 0.3) is 11.4 Å². The summed E-state index contributed by atoms with van der Waals surface area (Å²) in [5.41, 5.74) is 3.29. The summed E-state index contributed by atoms with van der Waals surface area (Å²) in [6.45, 7) is 4.19. The zero-order valence-electron chi connectivity index (χ0n) is 12.3. The first kappa shape index (κ1) is 14.8. The number of aromatic nitrogens is 2. The van der Waals surface area contributed by atoms with Gasteiger partial charge in [0.1, 0.15) is 5.82 Å². The van der Waals surface area contributed by atoms with Crippen LogP contribution < -0.4 is 0 Å². The van der Waals surface area contributed by atoms with Gasteiger partial charge in [-0.1, -0.05) is 11.2 Å². The largest absolute Gasteiger partial charge is 0.338 e. The third-order valence-electron chi connectivity index (χ3n) is 3.41. The number of rotatable bonds is 4. The summed E-state index contributed by atoms with van der Waals surface area (Å²) in [4.78, 5) is 5.52. The molecule has 0 aliphatic carbocycles. The normalized spacial score (nSPS) is 10.9. The van der Waals surface area contributed by atoms with Crippen molar-refractivity contribution in [3.63, 3.8) is 0 Å². The first-order valence-electron chi connectivity index (χ1n) is 6.90. The van der Waals surface area contributed by atoms with Crippen molar-refractivity contribution in [2.45, 2.75) is 24.5 Å². The van der Waals surface area contributed by atoms with Gasteiger partial charge in [0.2, 0.25) is 11.7 Å². The third-order valence-corrected chi connectivity index (χ3v) is 4.39. The second kappa shape index (κ2) is 6.32. The average Bonchev–Trinajstić information content (AvgIpc) is 2.98. The minimum absolute atomic E-state index is 0.280. The Morgan fingerprint density at radius 2 is 1.82 bits per heavy atom. The van der Waals surface area contributed by atoms with Crippen LogP contribution in [-0.4, -0.2) is 10.1 Å². The fourth-order valence-electron chi connectivity index (χ4n) is 1.98. The van der Waals surface area contributed by atoms with Crippen molar-refractivity contribution in [3.05, 3.63) is 65.3 Å². The third kappa shape index (κ3) is 3.36. The highest BCUT2D eigenvalue weighted by molar-refractivity contribution is 7.98. The maximum atomic E-state index is 12.9. The first-order valence-corrected chi connectivity index (χ1v) is 7.89. The number of hydrogen-bond donors (Lipinski definition) is 0. The van der Waals surface area contributed by atoms with Crippen LogP contribution in [0, 0.1) is 19.7 Å². The van der Waals surface area contributed by atoms with Gasteiger partial charge in [-0.3, -0.25) is 0 Å². The maximum absolute atomic E-state index is 12.9. The highest BCUT2D eigenvalue weighted by atomic mass is 32.2. The maximum Gasteiger partial charge on any atom is 0.237 e. The van der Waals surface area contributed by atoms with Crippen LogP contribution in [0.3, 0.4) is 0 Å². The Labute approximate surface area is 132 Å². The van der Waals surface area contributed by atoms with Gasteiger partial charge in [0, 0.05) is 10.5 Å². The van der Waals surface area contributed by atoms with E-state index in [9.17, 15) is 4.39 Å². The molecular formula is C17H15FN2OS. The van der Waals surface area contributed by atoms with E-state index in [1.54, 1.807) is 23.9 Å². The van der Waals surface area contributed by atoms with Crippen molar-refractivity contribution in [2.75, 3.05) is 0 Å². The Hall–Kier alpha value is -2.14. The molecule has 0 aliphatic rings. The number of halogens is 1. The van der Waals surface area contributed by atoms with E-state index in [1.165, 1.54) is 28.2 Å². The van der Waals surface area contributed by atoms with E-state index in [-0.39, 0.29) is 5.82 Å². The molecule has 5 heteroatoms. The van der Waals surface area contributed by atoms with E-state index < -0.39 is 0 Å². The van der Waals surface area contributed by atoms with Gasteiger partial charge in [0.25, 0.3) is 0 Å². The van der Waals surface area contributed by atoms with Gasteiger partial charge in [-0.25, -0.2) is 4.39 Å². The molecule has 0 atom stereocenters. The van der Waals surface area contributed by atoms with Crippen LogP contribution in [0.4, 0.5) is 4.39 Å². The molecule has 3 aromatic rings. The molecule has 0 unspecified atom stereocenters. The van der Waals surface area contributed by atoms with E-state index in [4.69, 9.17) is 4.52 Å². The lowest BCUT2D eigenvalue weighted by Crippen LogP contribution is -1.85. The molecule has 0 N–H and O–H groups in total. The van der Waals surface area contributed by atoms with Crippen molar-refractivity contribution in [3.8, 4) is 11.4 Å². The summed E-state index contributed by atoms with van der Waals surface area (Å²) in [5, 5.41) is 3.94. The zero-order valence-corrected chi connectivity index (χ0v) is 13.2. The number of benzene rings is 2. The lowest BCUT2D eigenvalue weighted by molar-refractivity contribution is 0.391. The van der Waals surface area contributed by atoms with E-state index in [0.29, 0.717) is 17.5 Å². The lowest BCUT2D eigenvalue weighted by atomic mass is 10.1. The van der Waals surface area contributed by atoms with Gasteiger partial charge >= 0.3 is 0 Å². The average molecular weight is 314 g/mol. The SMILES string of the molecule is Cc1ccc(SCc2nc(-c3ccc(F)cc3)no2)cc1C. The molecule has 0 saturated carbocycles. The van der Waals surface area contributed by atoms with E-state index >= 15 is 0 Å². The van der Waals surface area contributed by atoms with Crippen LogP contribution in [0.5, 0.6) is 0 Å². The molecule has 1 aromatic heterocycles. The highest BCUT2D eigenvalue weighted by Crippen LogP contribution is 2.25. The smallest absolute Gasteiger partial charge is 0.237 e. The van der Waals surface area contributed by atoms with Gasteiger partial charge in [0.05, 0.1) is 5.75 Å². The minimum atomic E-state index is -0.280. The molecule has 0 saturated heterocycles. The molecule has 0 bridgehead atoms. The Morgan fingerprint density at radius 3 is 2.55 bits per heavy atom. The molecule has 3 rings (SSSR count). The van der Waals surface area contributed by atoms with Crippen LogP contribution in [0.2, 0.25) is 0 Å². The number of thioether (sulfide) groups is 1. The predicted octanol–water partition coefficient (Wildman–Crippen LogP) is 4.78. The molecule has 2 aromatic carbocycles. The van der Waals surface area contributed by atoms with Gasteiger partial charge in [-0.05, 0) is 61.4 Å². The Morgan fingerprint density at radius 1 is 1.05 bits per heavy atom. The summed E-state index contributed by atoms with van der Waals surface area (Å²) in [5.74, 6) is 1.37. The first-order chi connectivity index (χ1) is 10.6. The van der Waals surface area contributed by atoms with Gasteiger partial charge < -0.3 is 4.52 Å². The van der Waals surface area contributed by atoms with Crippen molar-refractivity contribution >= 4 is 11.8 Å². The van der Waals surface area contributed by atoms with E-state index in [1.807, 2.05) is 0 Å². The quantitative estimate of drug-likeness (QED) is 0.649. The zero-order chi connectivity index (χ0) is 15.5. The van der Waals surface area contributed by atoms with Crippen molar-refractivity contribution in [1.29, 1.82) is 0 Å². The van der Waals surface area contributed by atoms with Gasteiger partial charge in [-0.2, -0.15) is 4.98 Å². The second-order valence-corrected chi connectivity index (χ2v) is 6.10. The molecule has 3 nitrogen and oxygen atoms in total. The molecule has 1 heterocycles. The fraction of sp³-hybridized carbons (Fsp3) is 0.176. The standard InChI is InChI=1S/C17H15FN2OS/c1-11-3-8-15(9-12(11)2)22-10-16-19-17(20-21-16)13-4-6-14(18)7-5-13/h3-9H,10H2,1-2H3. The van der Waals surface area contributed by atoms with Crippen molar-refractivity contribution in [1.82, 2.24) is 10.1 Å². The predicted molar refractivity (Wildman–Crippen MR) is 85.2 cm³/mol. The van der Waals surface area contributed by atoms with Crippen LogP contribution in [-0.2, 0) is 5.75 Å². The Bertz CT molecular complexity index is 784. The molecule has 0 radical (unpaired) electrons. The number of hydrogen-bond acceptors (Lipinski definition) is 4.